The topological polar surface area (TPSA) is 29.5 Å². The predicted octanol–water partition coefficient (Wildman–Crippen LogP) is 2.46. The molecule has 0 spiro atoms. The van der Waals surface area contributed by atoms with Crippen LogP contribution >= 0.6 is 0 Å². The van der Waals surface area contributed by atoms with Crippen LogP contribution in [0.25, 0.3) is 0 Å². The number of ether oxygens (including phenoxy) is 1. The monoisotopic (exact) mass is 241 g/mol. The van der Waals surface area contributed by atoms with Crippen molar-refractivity contribution in [3.63, 3.8) is 0 Å². The number of Topliss-reactive ketones (excluding diaryl/α,β-unsaturated/α-hetero) is 1. The van der Waals surface area contributed by atoms with Gasteiger partial charge in [-0.25, -0.2) is 0 Å². The van der Waals surface area contributed by atoms with Crippen molar-refractivity contribution in [2.75, 3.05) is 18.0 Å². The highest BCUT2D eigenvalue weighted by Crippen LogP contribution is 2.30. The second kappa shape index (κ2) is 5.12. The zero-order valence-corrected chi connectivity index (χ0v) is 9.23. The zero-order chi connectivity index (χ0) is 12.3. The van der Waals surface area contributed by atoms with Crippen molar-refractivity contribution in [2.45, 2.75) is 19.5 Å². The van der Waals surface area contributed by atoms with Crippen LogP contribution in [0, 0.1) is 0 Å². The standard InChI is InChI=1S/C12H13F2NO2/c13-12(14)17-11-4-2-1-3-10(11)15-7-5-9(16)6-8-15/h1-4,12H,5-8H2. The van der Waals surface area contributed by atoms with Crippen molar-refractivity contribution in [3.05, 3.63) is 24.3 Å². The summed E-state index contributed by atoms with van der Waals surface area (Å²) in [4.78, 5) is 13.0. The summed E-state index contributed by atoms with van der Waals surface area (Å²) in [6, 6.07) is 6.66. The fraction of sp³-hybridized carbons (Fsp3) is 0.417. The number of nitrogens with zero attached hydrogens (tertiary/aromatic N) is 1. The van der Waals surface area contributed by atoms with Gasteiger partial charge >= 0.3 is 6.61 Å². The number of hydrogen-bond donors (Lipinski definition) is 0. The number of halogens is 2. The lowest BCUT2D eigenvalue weighted by atomic mass is 10.1. The number of carbonyl (C=O) groups excluding carboxylic acids is 1. The van der Waals surface area contributed by atoms with Gasteiger partial charge in [-0.15, -0.1) is 0 Å². The van der Waals surface area contributed by atoms with Crippen molar-refractivity contribution in [1.29, 1.82) is 0 Å². The lowest BCUT2D eigenvalue weighted by Gasteiger charge is -2.29. The number of carbonyl (C=O) groups is 1. The Bertz CT molecular complexity index is 399. The quantitative estimate of drug-likeness (QED) is 0.814. The minimum Gasteiger partial charge on any atom is -0.433 e. The van der Waals surface area contributed by atoms with Crippen molar-refractivity contribution in [3.8, 4) is 5.75 Å². The first kappa shape index (κ1) is 11.8. The van der Waals surface area contributed by atoms with Crippen LogP contribution in [0.5, 0.6) is 5.75 Å². The van der Waals surface area contributed by atoms with Crippen LogP contribution in [0.1, 0.15) is 12.8 Å². The van der Waals surface area contributed by atoms with Gasteiger partial charge in [-0.1, -0.05) is 12.1 Å². The summed E-state index contributed by atoms with van der Waals surface area (Å²) in [5.74, 6) is 0.380. The number of hydrogen-bond acceptors (Lipinski definition) is 3. The Hall–Kier alpha value is -1.65. The van der Waals surface area contributed by atoms with Crippen molar-refractivity contribution >= 4 is 11.5 Å². The lowest BCUT2D eigenvalue weighted by Crippen LogP contribution is -2.34. The van der Waals surface area contributed by atoms with Crippen LogP contribution < -0.4 is 9.64 Å². The van der Waals surface area contributed by atoms with Gasteiger partial charge in [0, 0.05) is 25.9 Å². The Kier molecular flexibility index (Phi) is 3.56. The normalized spacial score (nSPS) is 16.4. The van der Waals surface area contributed by atoms with E-state index in [9.17, 15) is 13.6 Å². The molecule has 2 rings (SSSR count). The van der Waals surface area contributed by atoms with E-state index < -0.39 is 6.61 Å². The van der Waals surface area contributed by atoms with Crippen LogP contribution in [0.3, 0.4) is 0 Å². The highest BCUT2D eigenvalue weighted by atomic mass is 19.3. The van der Waals surface area contributed by atoms with E-state index in [1.165, 1.54) is 6.07 Å². The Morgan fingerprint density at radius 1 is 1.18 bits per heavy atom. The third-order valence-electron chi connectivity index (χ3n) is 2.74. The SMILES string of the molecule is O=C1CCN(c2ccccc2OC(F)F)CC1. The number of benzene rings is 1. The minimum absolute atomic E-state index is 0.164. The molecule has 0 atom stereocenters. The van der Waals surface area contributed by atoms with Crippen molar-refractivity contribution in [1.82, 2.24) is 0 Å². The Morgan fingerprint density at radius 2 is 1.82 bits per heavy atom. The van der Waals surface area contributed by atoms with Gasteiger partial charge in [-0.05, 0) is 12.1 Å². The molecule has 0 radical (unpaired) electrons. The molecule has 0 unspecified atom stereocenters. The van der Waals surface area contributed by atoms with E-state index in [2.05, 4.69) is 4.74 Å². The summed E-state index contributed by atoms with van der Waals surface area (Å²) in [5.41, 5.74) is 0.625. The summed E-state index contributed by atoms with van der Waals surface area (Å²) in [5, 5.41) is 0. The number of rotatable bonds is 3. The van der Waals surface area contributed by atoms with E-state index in [1.807, 2.05) is 4.90 Å². The van der Waals surface area contributed by atoms with E-state index in [4.69, 9.17) is 0 Å². The van der Waals surface area contributed by atoms with Gasteiger partial charge in [0.1, 0.15) is 11.5 Å². The molecule has 1 fully saturated rings. The van der Waals surface area contributed by atoms with Crippen LogP contribution in [-0.2, 0) is 4.79 Å². The Labute approximate surface area is 98.0 Å². The maximum Gasteiger partial charge on any atom is 0.387 e. The highest BCUT2D eigenvalue weighted by molar-refractivity contribution is 5.81. The van der Waals surface area contributed by atoms with Gasteiger partial charge in [0.25, 0.3) is 0 Å². The van der Waals surface area contributed by atoms with Gasteiger partial charge in [0.15, 0.2) is 0 Å². The minimum atomic E-state index is -2.83. The molecule has 1 aromatic carbocycles. The fourth-order valence-electron chi connectivity index (χ4n) is 1.91. The first-order chi connectivity index (χ1) is 8.16. The third-order valence-corrected chi connectivity index (χ3v) is 2.74. The molecule has 5 heteroatoms. The largest absolute Gasteiger partial charge is 0.433 e. The summed E-state index contributed by atoms with van der Waals surface area (Å²) in [6.45, 7) is -1.71. The molecule has 1 aliphatic rings. The first-order valence-electron chi connectivity index (χ1n) is 5.47. The summed E-state index contributed by atoms with van der Waals surface area (Å²) < 4.78 is 28.9. The summed E-state index contributed by atoms with van der Waals surface area (Å²) >= 11 is 0. The third kappa shape index (κ3) is 2.93. The van der Waals surface area contributed by atoms with Crippen LogP contribution in [0.15, 0.2) is 24.3 Å². The predicted molar refractivity (Wildman–Crippen MR) is 59.5 cm³/mol. The van der Waals surface area contributed by atoms with Gasteiger partial charge in [0.2, 0.25) is 0 Å². The molecule has 0 amide bonds. The van der Waals surface area contributed by atoms with E-state index in [1.54, 1.807) is 18.2 Å². The second-order valence-corrected chi connectivity index (χ2v) is 3.87. The summed E-state index contributed by atoms with van der Waals surface area (Å²) in [7, 11) is 0. The van der Waals surface area contributed by atoms with E-state index in [-0.39, 0.29) is 11.5 Å². The number of para-hydroxylation sites is 2. The zero-order valence-electron chi connectivity index (χ0n) is 9.23. The molecule has 0 N–H and O–H groups in total. The number of anilines is 1. The van der Waals surface area contributed by atoms with Crippen LogP contribution in [-0.4, -0.2) is 25.5 Å². The van der Waals surface area contributed by atoms with E-state index in [0.717, 1.165) is 0 Å². The molecule has 1 saturated heterocycles. The van der Waals surface area contributed by atoms with Gasteiger partial charge < -0.3 is 9.64 Å². The summed E-state index contributed by atoms with van der Waals surface area (Å²) in [6.07, 6.45) is 0.923. The van der Waals surface area contributed by atoms with Crippen molar-refractivity contribution < 1.29 is 18.3 Å². The van der Waals surface area contributed by atoms with Gasteiger partial charge in [-0.3, -0.25) is 4.79 Å². The maximum atomic E-state index is 12.2. The number of ketones is 1. The average molecular weight is 241 g/mol. The molecule has 0 aliphatic carbocycles. The van der Waals surface area contributed by atoms with Gasteiger partial charge in [0.05, 0.1) is 5.69 Å². The molecular weight excluding hydrogens is 228 g/mol. The molecule has 0 saturated carbocycles. The average Bonchev–Trinajstić information content (AvgIpc) is 2.30. The van der Waals surface area contributed by atoms with Crippen LogP contribution in [0.2, 0.25) is 0 Å². The number of alkyl halides is 2. The molecule has 0 aromatic heterocycles. The lowest BCUT2D eigenvalue weighted by molar-refractivity contribution is -0.119. The van der Waals surface area contributed by atoms with E-state index >= 15 is 0 Å². The molecule has 92 valence electrons. The Balaban J connectivity index is 2.16. The van der Waals surface area contributed by atoms with Crippen molar-refractivity contribution in [2.24, 2.45) is 0 Å². The molecule has 3 nitrogen and oxygen atoms in total. The first-order valence-corrected chi connectivity index (χ1v) is 5.47. The molecule has 1 aliphatic heterocycles. The second-order valence-electron chi connectivity index (χ2n) is 3.87. The number of piperidine rings is 1. The molecule has 0 bridgehead atoms. The molecular formula is C12H13F2NO2. The fourth-order valence-corrected chi connectivity index (χ4v) is 1.91. The molecule has 1 aromatic rings. The smallest absolute Gasteiger partial charge is 0.387 e. The van der Waals surface area contributed by atoms with Crippen LogP contribution in [0.4, 0.5) is 14.5 Å². The van der Waals surface area contributed by atoms with E-state index in [0.29, 0.717) is 31.6 Å². The van der Waals surface area contributed by atoms with Gasteiger partial charge in [-0.2, -0.15) is 8.78 Å². The highest BCUT2D eigenvalue weighted by Gasteiger charge is 2.20. The Morgan fingerprint density at radius 3 is 2.47 bits per heavy atom. The molecule has 1 heterocycles. The molecule has 17 heavy (non-hydrogen) atoms. The maximum absolute atomic E-state index is 12.2.